The van der Waals surface area contributed by atoms with Crippen LogP contribution in [0.25, 0.3) is 11.0 Å². The lowest BCUT2D eigenvalue weighted by atomic mass is 10.1. The highest BCUT2D eigenvalue weighted by Crippen LogP contribution is 2.35. The van der Waals surface area contributed by atoms with Gasteiger partial charge in [-0.05, 0) is 76.4 Å². The zero-order valence-electron chi connectivity index (χ0n) is 22.4. The van der Waals surface area contributed by atoms with Crippen molar-refractivity contribution in [2.24, 2.45) is 5.73 Å². The lowest BCUT2D eigenvalue weighted by molar-refractivity contribution is -0.123. The number of benzene rings is 2. The van der Waals surface area contributed by atoms with Gasteiger partial charge in [0.05, 0.1) is 42.5 Å². The van der Waals surface area contributed by atoms with Crippen molar-refractivity contribution >= 4 is 22.9 Å². The molecule has 5 N–H and O–H groups in total. The van der Waals surface area contributed by atoms with Crippen LogP contribution in [0.5, 0.6) is 11.5 Å². The topological polar surface area (TPSA) is 133 Å². The number of rotatable bonds is 14. The van der Waals surface area contributed by atoms with Crippen molar-refractivity contribution in [1.82, 2.24) is 14.9 Å². The number of hydrogen-bond acceptors (Lipinski definition) is 8. The molecule has 1 saturated heterocycles. The Hall–Kier alpha value is -3.34. The van der Waals surface area contributed by atoms with Gasteiger partial charge in [-0.2, -0.15) is 0 Å². The number of ether oxygens (including phenoxy) is 3. The summed E-state index contributed by atoms with van der Waals surface area (Å²) in [6.45, 7) is 7.58. The first-order valence-corrected chi connectivity index (χ1v) is 13.2. The first-order chi connectivity index (χ1) is 18.3. The number of carbonyl (C=O) groups is 1. The SMILES string of the molecule is CCOc1ccc(CNc2nc3ccccc3n2[C@H]2CC[C@@H](CO)O2)cc1OCCCNC(C)(C)C(N)=O. The number of imidazole rings is 1. The summed E-state index contributed by atoms with van der Waals surface area (Å²) in [5.74, 6) is 1.68. The molecule has 0 spiro atoms. The molecule has 0 radical (unpaired) electrons. The average Bonchev–Trinajstić information content (AvgIpc) is 3.52. The fraction of sp³-hybridized carbons (Fsp3) is 0.500. The molecule has 0 unspecified atom stereocenters. The largest absolute Gasteiger partial charge is 0.490 e. The Morgan fingerprint density at radius 2 is 2.03 bits per heavy atom. The number of nitrogens with zero attached hydrogens (tertiary/aromatic N) is 2. The molecule has 0 aliphatic carbocycles. The van der Waals surface area contributed by atoms with Crippen LogP contribution in [0.15, 0.2) is 42.5 Å². The lowest BCUT2D eigenvalue weighted by Crippen LogP contribution is -2.51. The second-order valence-corrected chi connectivity index (χ2v) is 9.95. The first kappa shape index (κ1) is 27.7. The third-order valence-corrected chi connectivity index (χ3v) is 6.69. The molecule has 2 heterocycles. The first-order valence-electron chi connectivity index (χ1n) is 13.2. The summed E-state index contributed by atoms with van der Waals surface area (Å²) < 4.78 is 20.0. The normalized spacial score (nSPS) is 17.6. The number of nitrogens with two attached hydrogens (primary N) is 1. The molecule has 38 heavy (non-hydrogen) atoms. The number of aromatic nitrogens is 2. The number of aliphatic hydroxyl groups is 1. The molecule has 1 fully saturated rings. The highest BCUT2D eigenvalue weighted by atomic mass is 16.5. The third kappa shape index (κ3) is 6.56. The fourth-order valence-corrected chi connectivity index (χ4v) is 4.45. The van der Waals surface area contributed by atoms with Crippen LogP contribution in [0.2, 0.25) is 0 Å². The summed E-state index contributed by atoms with van der Waals surface area (Å²) in [7, 11) is 0. The van der Waals surface area contributed by atoms with Crippen molar-refractivity contribution in [2.45, 2.75) is 64.4 Å². The van der Waals surface area contributed by atoms with Gasteiger partial charge in [0.25, 0.3) is 0 Å². The number of anilines is 1. The minimum Gasteiger partial charge on any atom is -0.490 e. The van der Waals surface area contributed by atoms with Crippen molar-refractivity contribution in [2.75, 3.05) is 31.7 Å². The lowest BCUT2D eigenvalue weighted by Gasteiger charge is -2.22. The van der Waals surface area contributed by atoms with Gasteiger partial charge in [-0.3, -0.25) is 9.36 Å². The minimum absolute atomic E-state index is 0.0137. The van der Waals surface area contributed by atoms with E-state index in [0.717, 1.165) is 29.4 Å². The van der Waals surface area contributed by atoms with Crippen LogP contribution < -0.4 is 25.8 Å². The quantitative estimate of drug-likeness (QED) is 0.236. The van der Waals surface area contributed by atoms with Crippen molar-refractivity contribution in [1.29, 1.82) is 0 Å². The highest BCUT2D eigenvalue weighted by molar-refractivity contribution is 5.83. The molecule has 1 amide bonds. The predicted octanol–water partition coefficient (Wildman–Crippen LogP) is 3.34. The maximum absolute atomic E-state index is 11.5. The molecule has 2 atom stereocenters. The maximum Gasteiger partial charge on any atom is 0.237 e. The fourth-order valence-electron chi connectivity index (χ4n) is 4.45. The molecule has 3 aromatic rings. The Morgan fingerprint density at radius 1 is 1.21 bits per heavy atom. The smallest absolute Gasteiger partial charge is 0.237 e. The average molecular weight is 526 g/mol. The second-order valence-electron chi connectivity index (χ2n) is 9.95. The van der Waals surface area contributed by atoms with Gasteiger partial charge in [0.15, 0.2) is 11.5 Å². The Bertz CT molecular complexity index is 1230. The summed E-state index contributed by atoms with van der Waals surface area (Å²) >= 11 is 0. The number of primary amides is 1. The van der Waals surface area contributed by atoms with E-state index >= 15 is 0 Å². The van der Waals surface area contributed by atoms with Gasteiger partial charge in [-0.1, -0.05) is 18.2 Å². The number of aliphatic hydroxyl groups excluding tert-OH is 1. The number of carbonyl (C=O) groups excluding carboxylic acids is 1. The van der Waals surface area contributed by atoms with Crippen LogP contribution in [0.4, 0.5) is 5.95 Å². The van der Waals surface area contributed by atoms with E-state index in [9.17, 15) is 9.90 Å². The van der Waals surface area contributed by atoms with E-state index in [4.69, 9.17) is 24.9 Å². The van der Waals surface area contributed by atoms with E-state index in [2.05, 4.69) is 15.2 Å². The Kier molecular flexibility index (Phi) is 9.09. The van der Waals surface area contributed by atoms with E-state index in [0.29, 0.717) is 50.2 Å². The molecule has 4 rings (SSSR count). The number of para-hydroxylation sites is 2. The van der Waals surface area contributed by atoms with Gasteiger partial charge in [-0.15, -0.1) is 0 Å². The maximum atomic E-state index is 11.5. The molecular formula is C28H39N5O5. The number of nitrogens with one attached hydrogen (secondary N) is 2. The molecule has 2 aromatic carbocycles. The minimum atomic E-state index is -0.763. The monoisotopic (exact) mass is 525 g/mol. The molecule has 1 aliphatic heterocycles. The summed E-state index contributed by atoms with van der Waals surface area (Å²) in [5.41, 5.74) is 7.54. The third-order valence-electron chi connectivity index (χ3n) is 6.69. The van der Waals surface area contributed by atoms with E-state index in [1.807, 2.05) is 49.4 Å². The zero-order chi connectivity index (χ0) is 27.1. The van der Waals surface area contributed by atoms with Crippen LogP contribution in [-0.4, -0.2) is 58.6 Å². The van der Waals surface area contributed by atoms with E-state index < -0.39 is 11.4 Å². The van der Waals surface area contributed by atoms with E-state index in [1.165, 1.54) is 0 Å². The molecule has 206 valence electrons. The van der Waals surface area contributed by atoms with Crippen molar-refractivity contribution in [3.8, 4) is 11.5 Å². The Morgan fingerprint density at radius 3 is 2.76 bits per heavy atom. The van der Waals surface area contributed by atoms with Gasteiger partial charge in [0.2, 0.25) is 11.9 Å². The molecular weight excluding hydrogens is 486 g/mol. The van der Waals surface area contributed by atoms with E-state index in [1.54, 1.807) is 13.8 Å². The van der Waals surface area contributed by atoms with Crippen LogP contribution in [0.3, 0.4) is 0 Å². The molecule has 0 saturated carbocycles. The van der Waals surface area contributed by atoms with Gasteiger partial charge < -0.3 is 35.7 Å². The summed E-state index contributed by atoms with van der Waals surface area (Å²) in [4.78, 5) is 16.3. The van der Waals surface area contributed by atoms with Gasteiger partial charge in [-0.25, -0.2) is 4.98 Å². The van der Waals surface area contributed by atoms with Crippen molar-refractivity contribution in [3.63, 3.8) is 0 Å². The van der Waals surface area contributed by atoms with Crippen molar-refractivity contribution < 1.29 is 24.1 Å². The van der Waals surface area contributed by atoms with Crippen LogP contribution in [-0.2, 0) is 16.1 Å². The molecule has 1 aliphatic rings. The number of hydrogen-bond donors (Lipinski definition) is 4. The molecule has 1 aromatic heterocycles. The van der Waals surface area contributed by atoms with Crippen LogP contribution >= 0.6 is 0 Å². The Labute approximate surface area is 223 Å². The highest BCUT2D eigenvalue weighted by Gasteiger charge is 2.29. The number of amides is 1. The summed E-state index contributed by atoms with van der Waals surface area (Å²) in [6, 6.07) is 13.9. The molecule has 10 heteroatoms. The summed E-state index contributed by atoms with van der Waals surface area (Å²) in [6.07, 6.45) is 1.98. The Balaban J connectivity index is 1.44. The van der Waals surface area contributed by atoms with Crippen LogP contribution in [0.1, 0.15) is 51.8 Å². The number of fused-ring (bicyclic) bond motifs is 1. The molecule has 10 nitrogen and oxygen atoms in total. The van der Waals surface area contributed by atoms with Gasteiger partial charge in [0, 0.05) is 6.54 Å². The molecule has 0 bridgehead atoms. The van der Waals surface area contributed by atoms with Crippen LogP contribution in [0, 0.1) is 0 Å². The zero-order valence-corrected chi connectivity index (χ0v) is 22.4. The van der Waals surface area contributed by atoms with Gasteiger partial charge in [0.1, 0.15) is 6.23 Å². The summed E-state index contributed by atoms with van der Waals surface area (Å²) in [5, 5.41) is 16.2. The van der Waals surface area contributed by atoms with Crippen molar-refractivity contribution in [3.05, 3.63) is 48.0 Å². The second kappa shape index (κ2) is 12.5. The standard InChI is InChI=1S/C28H39N5O5/c1-4-36-23-12-10-19(16-24(23)37-15-7-14-31-28(2,3)26(29)35)17-30-27-32-21-8-5-6-9-22(21)33(27)25-13-11-20(18-34)38-25/h5-6,8-10,12,16,20,25,31,34H,4,7,11,13-15,17-18H2,1-3H3,(H2,29,35)(H,30,32)/t20-,25+/m0/s1. The van der Waals surface area contributed by atoms with Gasteiger partial charge >= 0.3 is 0 Å². The van der Waals surface area contributed by atoms with E-state index in [-0.39, 0.29) is 18.9 Å². The predicted molar refractivity (Wildman–Crippen MR) is 146 cm³/mol.